The van der Waals surface area contributed by atoms with Crippen LogP contribution in [0.2, 0.25) is 0 Å². The number of aromatic nitrogens is 3. The molecule has 0 amide bonds. The van der Waals surface area contributed by atoms with Crippen LogP contribution in [0.15, 0.2) is 134 Å². The summed E-state index contributed by atoms with van der Waals surface area (Å²) in [6, 6.07) is 44.8. The van der Waals surface area contributed by atoms with Crippen LogP contribution in [0, 0.1) is 0 Å². The SMILES string of the molecule is CC(C)(C)c1cc(-c2cn(-c3ccccc3)nn2)cc(-c2ccc(-c3ccccc3)cc2)c1-c1ccccc1. The van der Waals surface area contributed by atoms with Crippen molar-refractivity contribution in [3.63, 3.8) is 0 Å². The van der Waals surface area contributed by atoms with Crippen molar-refractivity contribution in [2.75, 3.05) is 0 Å². The van der Waals surface area contributed by atoms with Gasteiger partial charge in [0.25, 0.3) is 0 Å². The summed E-state index contributed by atoms with van der Waals surface area (Å²) in [5.41, 5.74) is 11.4. The maximum Gasteiger partial charge on any atom is 0.113 e. The fraction of sp³-hybridized carbons (Fsp3) is 0.111. The van der Waals surface area contributed by atoms with E-state index in [0.717, 1.165) is 16.9 Å². The molecule has 0 bridgehead atoms. The van der Waals surface area contributed by atoms with E-state index in [1.165, 1.54) is 38.9 Å². The second kappa shape index (κ2) is 10.2. The van der Waals surface area contributed by atoms with E-state index in [1.807, 2.05) is 41.2 Å². The topological polar surface area (TPSA) is 30.7 Å². The number of hydrogen-bond acceptors (Lipinski definition) is 2. The lowest BCUT2D eigenvalue weighted by Crippen LogP contribution is -2.14. The largest absolute Gasteiger partial charge is 0.220 e. The molecule has 0 unspecified atom stereocenters. The van der Waals surface area contributed by atoms with E-state index in [0.29, 0.717) is 0 Å². The molecule has 5 aromatic carbocycles. The Morgan fingerprint density at radius 3 is 1.69 bits per heavy atom. The molecular weight excluding hydrogens is 474 g/mol. The van der Waals surface area contributed by atoms with E-state index in [4.69, 9.17) is 0 Å². The zero-order valence-corrected chi connectivity index (χ0v) is 22.5. The fourth-order valence-corrected chi connectivity index (χ4v) is 5.10. The summed E-state index contributed by atoms with van der Waals surface area (Å²) in [5, 5.41) is 9.04. The van der Waals surface area contributed by atoms with Gasteiger partial charge in [0.05, 0.1) is 11.9 Å². The third kappa shape index (κ3) is 5.04. The minimum Gasteiger partial charge on any atom is -0.220 e. The summed E-state index contributed by atoms with van der Waals surface area (Å²) in [7, 11) is 0. The zero-order chi connectivity index (χ0) is 26.8. The van der Waals surface area contributed by atoms with Gasteiger partial charge < -0.3 is 0 Å². The minimum absolute atomic E-state index is 0.0880. The van der Waals surface area contributed by atoms with Crippen molar-refractivity contribution in [2.24, 2.45) is 0 Å². The van der Waals surface area contributed by atoms with Gasteiger partial charge in [-0.05, 0) is 68.6 Å². The van der Waals surface area contributed by atoms with E-state index in [1.54, 1.807) is 0 Å². The summed E-state index contributed by atoms with van der Waals surface area (Å²) in [4.78, 5) is 0. The van der Waals surface area contributed by atoms with Gasteiger partial charge in [-0.2, -0.15) is 0 Å². The van der Waals surface area contributed by atoms with Gasteiger partial charge in [0.2, 0.25) is 0 Å². The van der Waals surface area contributed by atoms with Crippen LogP contribution >= 0.6 is 0 Å². The van der Waals surface area contributed by atoms with Crippen LogP contribution < -0.4 is 0 Å². The van der Waals surface area contributed by atoms with E-state index in [9.17, 15) is 0 Å². The highest BCUT2D eigenvalue weighted by Crippen LogP contribution is 2.43. The maximum absolute atomic E-state index is 4.59. The monoisotopic (exact) mass is 505 g/mol. The molecule has 0 fully saturated rings. The van der Waals surface area contributed by atoms with Crippen LogP contribution in [-0.4, -0.2) is 15.0 Å². The Kier molecular flexibility index (Phi) is 6.42. The first-order chi connectivity index (χ1) is 19.0. The van der Waals surface area contributed by atoms with E-state index in [-0.39, 0.29) is 5.41 Å². The van der Waals surface area contributed by atoms with Gasteiger partial charge in [0.15, 0.2) is 0 Å². The summed E-state index contributed by atoms with van der Waals surface area (Å²) in [6.07, 6.45) is 2.02. The smallest absolute Gasteiger partial charge is 0.113 e. The van der Waals surface area contributed by atoms with E-state index < -0.39 is 0 Å². The fourth-order valence-electron chi connectivity index (χ4n) is 5.10. The number of rotatable bonds is 5. The van der Waals surface area contributed by atoms with Crippen LogP contribution in [0.4, 0.5) is 0 Å². The van der Waals surface area contributed by atoms with E-state index in [2.05, 4.69) is 128 Å². The molecule has 0 aliphatic carbocycles. The Labute approximate surface area is 230 Å². The molecule has 0 saturated carbocycles. The first kappa shape index (κ1) is 24.6. The average molecular weight is 506 g/mol. The average Bonchev–Trinajstić information content (AvgIpc) is 3.48. The van der Waals surface area contributed by atoms with Crippen molar-refractivity contribution in [1.82, 2.24) is 15.0 Å². The van der Waals surface area contributed by atoms with Crippen molar-refractivity contribution >= 4 is 0 Å². The summed E-state index contributed by atoms with van der Waals surface area (Å²) in [6.45, 7) is 6.84. The highest BCUT2D eigenvalue weighted by Gasteiger charge is 2.24. The molecule has 6 aromatic rings. The molecule has 3 heteroatoms. The lowest BCUT2D eigenvalue weighted by Gasteiger charge is -2.27. The van der Waals surface area contributed by atoms with Gasteiger partial charge in [-0.25, -0.2) is 4.68 Å². The zero-order valence-electron chi connectivity index (χ0n) is 22.5. The lowest BCUT2D eigenvalue weighted by molar-refractivity contribution is 0.592. The van der Waals surface area contributed by atoms with Crippen molar-refractivity contribution in [2.45, 2.75) is 26.2 Å². The third-order valence-electron chi connectivity index (χ3n) is 7.12. The first-order valence-electron chi connectivity index (χ1n) is 13.4. The predicted octanol–water partition coefficient (Wildman–Crippen LogP) is 9.23. The van der Waals surface area contributed by atoms with Gasteiger partial charge in [0.1, 0.15) is 5.69 Å². The summed E-state index contributed by atoms with van der Waals surface area (Å²) in [5.74, 6) is 0. The van der Waals surface area contributed by atoms with Gasteiger partial charge in [-0.15, -0.1) is 5.10 Å². The first-order valence-corrected chi connectivity index (χ1v) is 13.4. The second-order valence-corrected chi connectivity index (χ2v) is 10.9. The molecule has 0 aliphatic heterocycles. The second-order valence-electron chi connectivity index (χ2n) is 10.9. The Hall–Kier alpha value is -4.76. The standard InChI is InChI=1S/C36H31N3/c1-36(2,3)33-24-30(34-25-39(38-37-34)31-17-11-6-12-18-31)23-32(35(33)29-15-9-5-10-16-29)28-21-19-27(20-22-28)26-13-7-4-8-14-26/h4-25H,1-3H3. The predicted molar refractivity (Wildman–Crippen MR) is 162 cm³/mol. The Balaban J connectivity index is 1.55. The summed E-state index contributed by atoms with van der Waals surface area (Å²) >= 11 is 0. The van der Waals surface area contributed by atoms with Crippen LogP contribution in [0.1, 0.15) is 26.3 Å². The normalized spacial score (nSPS) is 11.5. The number of para-hydroxylation sites is 1. The molecule has 0 atom stereocenters. The molecular formula is C36H31N3. The molecule has 0 saturated heterocycles. The van der Waals surface area contributed by atoms with Crippen LogP contribution in [-0.2, 0) is 5.41 Å². The molecule has 1 aromatic heterocycles. The van der Waals surface area contributed by atoms with Crippen molar-refractivity contribution in [3.8, 4) is 50.3 Å². The molecule has 0 aliphatic rings. The number of benzene rings is 5. The van der Waals surface area contributed by atoms with Gasteiger partial charge in [-0.1, -0.05) is 129 Å². The Bertz CT molecular complexity index is 1690. The van der Waals surface area contributed by atoms with Crippen molar-refractivity contribution < 1.29 is 0 Å². The van der Waals surface area contributed by atoms with Gasteiger partial charge in [-0.3, -0.25) is 0 Å². The highest BCUT2D eigenvalue weighted by molar-refractivity contribution is 5.90. The van der Waals surface area contributed by atoms with Gasteiger partial charge >= 0.3 is 0 Å². The highest BCUT2D eigenvalue weighted by atomic mass is 15.4. The van der Waals surface area contributed by atoms with Gasteiger partial charge in [0, 0.05) is 5.56 Å². The molecule has 190 valence electrons. The molecule has 39 heavy (non-hydrogen) atoms. The number of nitrogens with zero attached hydrogens (tertiary/aromatic N) is 3. The minimum atomic E-state index is -0.0880. The van der Waals surface area contributed by atoms with Crippen molar-refractivity contribution in [1.29, 1.82) is 0 Å². The molecule has 0 spiro atoms. The molecule has 0 N–H and O–H groups in total. The quantitative estimate of drug-likeness (QED) is 0.234. The Morgan fingerprint density at radius 1 is 0.538 bits per heavy atom. The van der Waals surface area contributed by atoms with Crippen LogP contribution in [0.25, 0.3) is 50.3 Å². The molecule has 1 heterocycles. The third-order valence-corrected chi connectivity index (χ3v) is 7.12. The molecule has 3 nitrogen and oxygen atoms in total. The number of hydrogen-bond donors (Lipinski definition) is 0. The van der Waals surface area contributed by atoms with Crippen LogP contribution in [0.3, 0.4) is 0 Å². The summed E-state index contributed by atoms with van der Waals surface area (Å²) < 4.78 is 1.84. The van der Waals surface area contributed by atoms with E-state index >= 15 is 0 Å². The maximum atomic E-state index is 4.59. The van der Waals surface area contributed by atoms with Crippen molar-refractivity contribution in [3.05, 3.63) is 139 Å². The lowest BCUT2D eigenvalue weighted by atomic mass is 9.77. The van der Waals surface area contributed by atoms with Crippen LogP contribution in [0.5, 0.6) is 0 Å². The Morgan fingerprint density at radius 2 is 1.08 bits per heavy atom. The molecule has 6 rings (SSSR count). The molecule has 0 radical (unpaired) electrons.